The van der Waals surface area contributed by atoms with Gasteiger partial charge in [0, 0.05) is 11.7 Å². The van der Waals surface area contributed by atoms with Gasteiger partial charge in [-0.15, -0.1) is 10.2 Å². The lowest BCUT2D eigenvalue weighted by Gasteiger charge is -2.10. The first kappa shape index (κ1) is 20.4. The quantitative estimate of drug-likeness (QED) is 0.397. The standard InChI is InChI=1S/C22H21FN8S/c1-13-6-2-5-9-17(13)25-21-27-18(26-20(24)28-21)12-32-22-30-29-19(31(22)14-10-11-14)15-7-3-4-8-16(15)23/h2-9,14H,10-12H2,1H3,(H3,24,25,26,27,28). The number of para-hydroxylation sites is 1. The number of thioether (sulfide) groups is 1. The van der Waals surface area contributed by atoms with Crippen LogP contribution in [-0.4, -0.2) is 29.7 Å². The molecule has 10 heteroatoms. The van der Waals surface area contributed by atoms with Crippen molar-refractivity contribution < 1.29 is 4.39 Å². The summed E-state index contributed by atoms with van der Waals surface area (Å²) >= 11 is 1.45. The topological polar surface area (TPSA) is 107 Å². The molecule has 0 radical (unpaired) electrons. The van der Waals surface area contributed by atoms with E-state index in [1.54, 1.807) is 18.2 Å². The Morgan fingerprint density at radius 2 is 1.84 bits per heavy atom. The Labute approximate surface area is 188 Å². The van der Waals surface area contributed by atoms with Crippen molar-refractivity contribution in [2.45, 2.75) is 36.7 Å². The maximum atomic E-state index is 14.4. The van der Waals surface area contributed by atoms with Crippen molar-refractivity contribution in [1.82, 2.24) is 29.7 Å². The van der Waals surface area contributed by atoms with Crippen LogP contribution in [0.1, 0.15) is 30.3 Å². The van der Waals surface area contributed by atoms with Crippen LogP contribution in [0.2, 0.25) is 0 Å². The van der Waals surface area contributed by atoms with E-state index in [0.29, 0.717) is 34.1 Å². The van der Waals surface area contributed by atoms with Crippen LogP contribution < -0.4 is 11.1 Å². The van der Waals surface area contributed by atoms with Gasteiger partial charge in [0.1, 0.15) is 11.6 Å². The van der Waals surface area contributed by atoms with Gasteiger partial charge in [0.15, 0.2) is 11.0 Å². The molecule has 4 aromatic rings. The molecule has 8 nitrogen and oxygen atoms in total. The summed E-state index contributed by atoms with van der Waals surface area (Å²) in [6, 6.07) is 14.8. The zero-order chi connectivity index (χ0) is 22.1. The van der Waals surface area contributed by atoms with E-state index in [1.807, 2.05) is 35.8 Å². The van der Waals surface area contributed by atoms with Crippen molar-refractivity contribution >= 4 is 29.3 Å². The molecule has 0 unspecified atom stereocenters. The van der Waals surface area contributed by atoms with Crippen LogP contribution in [0.15, 0.2) is 53.7 Å². The third-order valence-electron chi connectivity index (χ3n) is 5.11. The molecule has 32 heavy (non-hydrogen) atoms. The molecular weight excluding hydrogens is 427 g/mol. The second-order valence-electron chi connectivity index (χ2n) is 7.55. The Balaban J connectivity index is 1.38. The Bertz CT molecular complexity index is 1270. The molecule has 2 heterocycles. The molecule has 0 amide bonds. The van der Waals surface area contributed by atoms with Crippen molar-refractivity contribution in [3.8, 4) is 11.4 Å². The fraction of sp³-hybridized carbons (Fsp3) is 0.227. The highest BCUT2D eigenvalue weighted by atomic mass is 32.2. The first-order valence-electron chi connectivity index (χ1n) is 10.2. The van der Waals surface area contributed by atoms with E-state index < -0.39 is 0 Å². The van der Waals surface area contributed by atoms with Gasteiger partial charge < -0.3 is 11.1 Å². The normalized spacial score (nSPS) is 13.3. The number of hydrogen-bond donors (Lipinski definition) is 2. The average Bonchev–Trinajstić information content (AvgIpc) is 3.53. The summed E-state index contributed by atoms with van der Waals surface area (Å²) < 4.78 is 16.4. The monoisotopic (exact) mass is 448 g/mol. The van der Waals surface area contributed by atoms with Gasteiger partial charge in [0.2, 0.25) is 11.9 Å². The van der Waals surface area contributed by atoms with E-state index in [2.05, 4.69) is 30.5 Å². The maximum Gasteiger partial charge on any atom is 0.232 e. The first-order chi connectivity index (χ1) is 15.6. The summed E-state index contributed by atoms with van der Waals surface area (Å²) in [6.45, 7) is 2.00. The van der Waals surface area contributed by atoms with E-state index >= 15 is 0 Å². The van der Waals surface area contributed by atoms with Gasteiger partial charge >= 0.3 is 0 Å². The molecule has 2 aromatic carbocycles. The lowest BCUT2D eigenvalue weighted by molar-refractivity contribution is 0.622. The van der Waals surface area contributed by atoms with Crippen molar-refractivity contribution in [2.24, 2.45) is 0 Å². The molecule has 1 aliphatic rings. The average molecular weight is 449 g/mol. The summed E-state index contributed by atoms with van der Waals surface area (Å²) in [6.07, 6.45) is 2.05. The van der Waals surface area contributed by atoms with Gasteiger partial charge in [0.05, 0.1) is 11.3 Å². The Kier molecular flexibility index (Phi) is 5.44. The highest BCUT2D eigenvalue weighted by Crippen LogP contribution is 2.41. The summed E-state index contributed by atoms with van der Waals surface area (Å²) in [5.41, 5.74) is 8.34. The number of rotatable bonds is 7. The Morgan fingerprint density at radius 3 is 2.62 bits per heavy atom. The molecule has 162 valence electrons. The zero-order valence-electron chi connectivity index (χ0n) is 17.4. The smallest absolute Gasteiger partial charge is 0.232 e. The summed E-state index contributed by atoms with van der Waals surface area (Å²) in [5.74, 6) is 1.72. The first-order valence-corrected chi connectivity index (χ1v) is 11.2. The van der Waals surface area contributed by atoms with Crippen LogP contribution in [0.3, 0.4) is 0 Å². The van der Waals surface area contributed by atoms with Gasteiger partial charge in [-0.05, 0) is 43.5 Å². The van der Waals surface area contributed by atoms with E-state index in [-0.39, 0.29) is 17.8 Å². The Morgan fingerprint density at radius 1 is 1.06 bits per heavy atom. The summed E-state index contributed by atoms with van der Waals surface area (Å²) in [4.78, 5) is 13.0. The van der Waals surface area contributed by atoms with E-state index in [1.165, 1.54) is 17.8 Å². The van der Waals surface area contributed by atoms with Gasteiger partial charge in [0.25, 0.3) is 0 Å². The minimum Gasteiger partial charge on any atom is -0.368 e. The summed E-state index contributed by atoms with van der Waals surface area (Å²) in [5, 5.41) is 12.5. The number of benzene rings is 2. The van der Waals surface area contributed by atoms with Gasteiger partial charge in [-0.2, -0.15) is 15.0 Å². The van der Waals surface area contributed by atoms with Gasteiger partial charge in [-0.1, -0.05) is 42.1 Å². The number of halogens is 1. The lowest BCUT2D eigenvalue weighted by atomic mass is 10.2. The molecule has 1 saturated carbocycles. The number of nitrogens with one attached hydrogen (secondary N) is 1. The summed E-state index contributed by atoms with van der Waals surface area (Å²) in [7, 11) is 0. The number of nitrogen functional groups attached to an aromatic ring is 1. The van der Waals surface area contributed by atoms with Crippen LogP contribution in [0.4, 0.5) is 22.0 Å². The van der Waals surface area contributed by atoms with Crippen molar-refractivity contribution in [3.05, 3.63) is 65.7 Å². The van der Waals surface area contributed by atoms with Crippen molar-refractivity contribution in [2.75, 3.05) is 11.1 Å². The highest BCUT2D eigenvalue weighted by Gasteiger charge is 2.31. The molecule has 0 saturated heterocycles. The molecule has 0 aliphatic heterocycles. The Hall–Kier alpha value is -3.53. The molecule has 3 N–H and O–H groups in total. The molecule has 0 bridgehead atoms. The molecule has 0 spiro atoms. The van der Waals surface area contributed by atoms with Crippen LogP contribution >= 0.6 is 11.8 Å². The maximum absolute atomic E-state index is 14.4. The second kappa shape index (κ2) is 8.54. The van der Waals surface area contributed by atoms with E-state index in [0.717, 1.165) is 24.1 Å². The second-order valence-corrected chi connectivity index (χ2v) is 8.49. The molecule has 2 aromatic heterocycles. The van der Waals surface area contributed by atoms with Crippen LogP contribution in [0, 0.1) is 12.7 Å². The largest absolute Gasteiger partial charge is 0.368 e. The number of nitrogens with two attached hydrogens (primary N) is 1. The van der Waals surface area contributed by atoms with Gasteiger partial charge in [-0.25, -0.2) is 4.39 Å². The number of anilines is 3. The van der Waals surface area contributed by atoms with Crippen molar-refractivity contribution in [3.63, 3.8) is 0 Å². The fourth-order valence-corrected chi connectivity index (χ4v) is 4.25. The number of aromatic nitrogens is 6. The van der Waals surface area contributed by atoms with Crippen LogP contribution in [-0.2, 0) is 5.75 Å². The number of nitrogens with zero attached hydrogens (tertiary/aromatic N) is 6. The predicted molar refractivity (Wildman–Crippen MR) is 122 cm³/mol. The molecule has 1 aliphatic carbocycles. The highest BCUT2D eigenvalue weighted by molar-refractivity contribution is 7.98. The molecular formula is C22H21FN8S. The third-order valence-corrected chi connectivity index (χ3v) is 6.05. The minimum absolute atomic E-state index is 0.141. The molecule has 5 rings (SSSR count). The van der Waals surface area contributed by atoms with Crippen LogP contribution in [0.5, 0.6) is 0 Å². The van der Waals surface area contributed by atoms with Crippen LogP contribution in [0.25, 0.3) is 11.4 Å². The lowest BCUT2D eigenvalue weighted by Crippen LogP contribution is -2.07. The minimum atomic E-state index is -0.310. The number of hydrogen-bond acceptors (Lipinski definition) is 8. The predicted octanol–water partition coefficient (Wildman–Crippen LogP) is 4.53. The SMILES string of the molecule is Cc1ccccc1Nc1nc(N)nc(CSc2nnc(-c3ccccc3F)n2C2CC2)n1. The zero-order valence-corrected chi connectivity index (χ0v) is 18.2. The van der Waals surface area contributed by atoms with E-state index in [9.17, 15) is 4.39 Å². The van der Waals surface area contributed by atoms with Gasteiger partial charge in [-0.3, -0.25) is 4.57 Å². The molecule has 0 atom stereocenters. The van der Waals surface area contributed by atoms with Crippen molar-refractivity contribution in [1.29, 1.82) is 0 Å². The third kappa shape index (κ3) is 4.26. The fourth-order valence-electron chi connectivity index (χ4n) is 3.38. The number of aryl methyl sites for hydroxylation is 1. The molecule has 1 fully saturated rings. The van der Waals surface area contributed by atoms with E-state index in [4.69, 9.17) is 5.73 Å².